The zero-order chi connectivity index (χ0) is 27.2. The van der Waals surface area contributed by atoms with E-state index in [0.29, 0.717) is 19.4 Å². The average molecular weight is 543 g/mol. The first-order valence-corrected chi connectivity index (χ1v) is 14.5. The van der Waals surface area contributed by atoms with Gasteiger partial charge in [0, 0.05) is 11.3 Å². The van der Waals surface area contributed by atoms with Crippen LogP contribution in [-0.4, -0.2) is 77.5 Å². The second-order valence-electron chi connectivity index (χ2n) is 11.5. The molecule has 2 bridgehead atoms. The van der Waals surface area contributed by atoms with Gasteiger partial charge in [0.05, 0.1) is 34.7 Å². The fraction of sp³-hybridized carbons (Fsp3) is 0.667. The smallest absolute Gasteiger partial charge is 0.245 e. The van der Waals surface area contributed by atoms with Gasteiger partial charge in [-0.05, 0) is 50.7 Å². The Morgan fingerprint density at radius 3 is 2.68 bits per heavy atom. The Labute approximate surface area is 227 Å². The summed E-state index contributed by atoms with van der Waals surface area (Å²) in [7, 11) is 0. The quantitative estimate of drug-likeness (QED) is 0.418. The van der Waals surface area contributed by atoms with Gasteiger partial charge in [0.1, 0.15) is 18.2 Å². The maximum Gasteiger partial charge on any atom is 0.245 e. The molecule has 0 aliphatic carbocycles. The molecule has 0 saturated carbocycles. The van der Waals surface area contributed by atoms with Crippen LogP contribution < -0.4 is 10.6 Å². The summed E-state index contributed by atoms with van der Waals surface area (Å²) >= 11 is 1.64. The van der Waals surface area contributed by atoms with Crippen molar-refractivity contribution in [2.24, 2.45) is 17.8 Å². The van der Waals surface area contributed by atoms with Crippen molar-refractivity contribution in [3.8, 4) is 0 Å². The number of hydrogen-bond donors (Lipinski definition) is 3. The highest BCUT2D eigenvalue weighted by molar-refractivity contribution is 8.02. The number of aliphatic hydroxyl groups excluding tert-OH is 1. The number of para-hydroxylation sites is 1. The molecule has 3 saturated heterocycles. The largest absolute Gasteiger partial charge is 0.394 e. The number of amides is 3. The van der Waals surface area contributed by atoms with Gasteiger partial charge in [0.15, 0.2) is 0 Å². The summed E-state index contributed by atoms with van der Waals surface area (Å²) in [6.07, 6.45) is 2.80. The fourth-order valence-electron chi connectivity index (χ4n) is 6.92. The van der Waals surface area contributed by atoms with Crippen LogP contribution in [0.1, 0.15) is 53.4 Å². The highest BCUT2D eigenvalue weighted by Crippen LogP contribution is 2.71. The van der Waals surface area contributed by atoms with Gasteiger partial charge in [-0.1, -0.05) is 38.1 Å². The number of likely N-dealkylation sites (tertiary alicyclic amines) is 1. The highest BCUT2D eigenvalue weighted by atomic mass is 32.2. The van der Waals surface area contributed by atoms with Gasteiger partial charge >= 0.3 is 0 Å². The van der Waals surface area contributed by atoms with E-state index in [2.05, 4.69) is 27.9 Å². The van der Waals surface area contributed by atoms with Crippen molar-refractivity contribution < 1.29 is 19.5 Å². The molecule has 38 heavy (non-hydrogen) atoms. The summed E-state index contributed by atoms with van der Waals surface area (Å²) in [4.78, 5) is 43.3. The van der Waals surface area contributed by atoms with Crippen LogP contribution >= 0.6 is 11.8 Å². The number of fused-ring (bicyclic) bond motifs is 2. The lowest BCUT2D eigenvalue weighted by molar-refractivity contribution is -0.143. The molecular weight excluding hydrogens is 504 g/mol. The molecule has 10 nitrogen and oxygen atoms in total. The normalized spacial score (nSPS) is 30.7. The third-order valence-corrected chi connectivity index (χ3v) is 10.5. The molecule has 2 aromatic rings. The third kappa shape index (κ3) is 4.18. The number of carbonyl (C=O) groups is 3. The van der Waals surface area contributed by atoms with Crippen LogP contribution in [-0.2, 0) is 21.1 Å². The molecule has 6 atom stereocenters. The van der Waals surface area contributed by atoms with Crippen molar-refractivity contribution in [2.45, 2.75) is 81.6 Å². The van der Waals surface area contributed by atoms with Crippen molar-refractivity contribution in [1.82, 2.24) is 30.5 Å². The molecular formula is C27H38N6O4S. The summed E-state index contributed by atoms with van der Waals surface area (Å²) in [6, 6.07) is 6.23. The standard InChI is InChI=1S/C27H38N6O4S/c1-5-12-28-23(35)20-21-25(37)33(17(14-34)13-16(2)3)22(27(21)11-10-26(20,4)38-27)24(36)29-15-32-19-9-7-6-8-18(19)30-31-32/h6-9,16-17,20-22,34H,5,10-15H2,1-4H3,(H,28,35)(H,29,36)/t17-,20+,21+,22?,26-,27?/m1/s1. The van der Waals surface area contributed by atoms with E-state index in [9.17, 15) is 19.5 Å². The molecule has 2 unspecified atom stereocenters. The van der Waals surface area contributed by atoms with Gasteiger partial charge in [0.2, 0.25) is 17.7 Å². The number of benzene rings is 1. The number of rotatable bonds is 10. The first-order valence-electron chi connectivity index (χ1n) is 13.6. The minimum absolute atomic E-state index is 0.106. The van der Waals surface area contributed by atoms with E-state index in [1.165, 1.54) is 0 Å². The van der Waals surface area contributed by atoms with E-state index in [4.69, 9.17) is 0 Å². The van der Waals surface area contributed by atoms with Gasteiger partial charge in [-0.2, -0.15) is 0 Å². The number of hydrogen-bond acceptors (Lipinski definition) is 7. The predicted molar refractivity (Wildman–Crippen MR) is 145 cm³/mol. The van der Waals surface area contributed by atoms with Crippen molar-refractivity contribution in [3.63, 3.8) is 0 Å². The lowest BCUT2D eigenvalue weighted by Crippen LogP contribution is -2.57. The van der Waals surface area contributed by atoms with E-state index < -0.39 is 33.4 Å². The molecule has 11 heteroatoms. The molecule has 0 radical (unpaired) electrons. The summed E-state index contributed by atoms with van der Waals surface area (Å²) in [5.41, 5.74) is 1.53. The van der Waals surface area contributed by atoms with Gasteiger partial charge in [-0.15, -0.1) is 16.9 Å². The Bertz CT molecular complexity index is 1240. The van der Waals surface area contributed by atoms with Crippen LogP contribution in [0.2, 0.25) is 0 Å². The molecule has 3 fully saturated rings. The third-order valence-electron chi connectivity index (χ3n) is 8.47. The molecule has 1 aromatic heterocycles. The van der Waals surface area contributed by atoms with Gasteiger partial charge in [0.25, 0.3) is 0 Å². The summed E-state index contributed by atoms with van der Waals surface area (Å²) in [5, 5.41) is 24.8. The Morgan fingerprint density at radius 1 is 1.21 bits per heavy atom. The zero-order valence-corrected chi connectivity index (χ0v) is 23.3. The SMILES string of the molecule is CCCNC(=O)[C@@H]1[C@H]2C(=O)N([C@@H](CO)CC(C)C)C(C(=O)NCn3nnc4ccccc43)C23CC[C@@]1(C)S3. The topological polar surface area (TPSA) is 129 Å². The molecule has 206 valence electrons. The molecule has 3 N–H and O–H groups in total. The van der Waals surface area contributed by atoms with E-state index in [0.717, 1.165) is 23.9 Å². The minimum Gasteiger partial charge on any atom is -0.394 e. The van der Waals surface area contributed by atoms with Gasteiger partial charge in [-0.25, -0.2) is 4.68 Å². The van der Waals surface area contributed by atoms with E-state index in [-0.39, 0.29) is 36.9 Å². The van der Waals surface area contributed by atoms with Crippen molar-refractivity contribution in [1.29, 1.82) is 0 Å². The molecule has 4 heterocycles. The number of thioether (sulfide) groups is 1. The minimum atomic E-state index is -0.790. The lowest BCUT2D eigenvalue weighted by Gasteiger charge is -2.37. The van der Waals surface area contributed by atoms with Crippen LogP contribution in [0.4, 0.5) is 0 Å². The van der Waals surface area contributed by atoms with E-state index >= 15 is 0 Å². The predicted octanol–water partition coefficient (Wildman–Crippen LogP) is 1.92. The Morgan fingerprint density at radius 2 is 1.97 bits per heavy atom. The van der Waals surface area contributed by atoms with Crippen LogP contribution in [0.5, 0.6) is 0 Å². The maximum absolute atomic E-state index is 14.2. The number of nitrogens with zero attached hydrogens (tertiary/aromatic N) is 4. The average Bonchev–Trinajstić information content (AvgIpc) is 3.59. The van der Waals surface area contributed by atoms with Crippen molar-refractivity contribution in [3.05, 3.63) is 24.3 Å². The van der Waals surface area contributed by atoms with Crippen LogP contribution in [0.15, 0.2) is 24.3 Å². The number of aromatic nitrogens is 3. The fourth-order valence-corrected chi connectivity index (χ4v) is 9.26. The van der Waals surface area contributed by atoms with Crippen molar-refractivity contribution in [2.75, 3.05) is 13.2 Å². The van der Waals surface area contributed by atoms with Gasteiger partial charge < -0.3 is 20.6 Å². The second-order valence-corrected chi connectivity index (χ2v) is 13.4. The zero-order valence-electron chi connectivity index (χ0n) is 22.5. The maximum atomic E-state index is 14.2. The monoisotopic (exact) mass is 542 g/mol. The van der Waals surface area contributed by atoms with Crippen LogP contribution in [0.3, 0.4) is 0 Å². The van der Waals surface area contributed by atoms with Crippen LogP contribution in [0, 0.1) is 17.8 Å². The van der Waals surface area contributed by atoms with Crippen molar-refractivity contribution >= 4 is 40.5 Å². The second kappa shape index (κ2) is 10.1. The molecule has 5 rings (SSSR count). The molecule has 3 aliphatic heterocycles. The van der Waals surface area contributed by atoms with E-state index in [1.807, 2.05) is 45.0 Å². The number of nitrogens with one attached hydrogen (secondary N) is 2. The van der Waals surface area contributed by atoms with E-state index in [1.54, 1.807) is 21.3 Å². The molecule has 1 spiro atoms. The number of aliphatic hydroxyl groups is 1. The lowest BCUT2D eigenvalue weighted by atomic mass is 9.66. The Hall–Kier alpha value is -2.66. The Balaban J connectivity index is 1.49. The number of carbonyl (C=O) groups excluding carboxylic acids is 3. The first-order chi connectivity index (χ1) is 18.2. The highest BCUT2D eigenvalue weighted by Gasteiger charge is 2.77. The molecule has 1 aromatic carbocycles. The van der Waals surface area contributed by atoms with Crippen LogP contribution in [0.25, 0.3) is 11.0 Å². The summed E-state index contributed by atoms with van der Waals surface area (Å²) in [6.45, 7) is 8.56. The summed E-state index contributed by atoms with van der Waals surface area (Å²) < 4.78 is 0.485. The first kappa shape index (κ1) is 26.9. The molecule has 3 aliphatic rings. The molecule has 3 amide bonds. The Kier molecular flexibility index (Phi) is 7.19. The summed E-state index contributed by atoms with van der Waals surface area (Å²) in [5.74, 6) is -1.49. The van der Waals surface area contributed by atoms with Gasteiger partial charge in [-0.3, -0.25) is 14.4 Å².